The van der Waals surface area contributed by atoms with Gasteiger partial charge in [-0.3, -0.25) is 0 Å². The molecule has 1 aromatic carbocycles. The van der Waals surface area contributed by atoms with Crippen LogP contribution in [0, 0.1) is 13.8 Å². The molecule has 122 valence electrons. The number of aryl methyl sites for hydroxylation is 2. The molecule has 1 aliphatic rings. The summed E-state index contributed by atoms with van der Waals surface area (Å²) in [6.45, 7) is 6.63. The van der Waals surface area contributed by atoms with Gasteiger partial charge in [-0.05, 0) is 39.2 Å². The van der Waals surface area contributed by atoms with Crippen molar-refractivity contribution in [1.29, 1.82) is 0 Å². The lowest BCUT2D eigenvalue weighted by molar-refractivity contribution is 0.237. The zero-order valence-corrected chi connectivity index (χ0v) is 14.7. The first-order chi connectivity index (χ1) is 11.0. The summed E-state index contributed by atoms with van der Waals surface area (Å²) < 4.78 is 0. The number of carbonyl (C=O) groups excluding carboxylic acids is 1. The number of hydrogen-bond donors (Lipinski definition) is 2. The number of nitrogens with zero attached hydrogens (tertiary/aromatic N) is 1. The summed E-state index contributed by atoms with van der Waals surface area (Å²) >= 11 is 1.70. The van der Waals surface area contributed by atoms with Gasteiger partial charge in [-0.2, -0.15) is 0 Å². The second-order valence-corrected chi connectivity index (χ2v) is 7.31. The Morgan fingerprint density at radius 1 is 1.30 bits per heavy atom. The molecule has 1 aliphatic carbocycles. The summed E-state index contributed by atoms with van der Waals surface area (Å²) in [6, 6.07) is 6.18. The quantitative estimate of drug-likeness (QED) is 0.864. The molecule has 3 rings (SSSR count). The van der Waals surface area contributed by atoms with Gasteiger partial charge in [-0.25, -0.2) is 9.78 Å². The molecular weight excluding hydrogens is 306 g/mol. The summed E-state index contributed by atoms with van der Waals surface area (Å²) in [5.41, 5.74) is 4.50. The second-order valence-electron chi connectivity index (χ2n) is 6.42. The molecule has 2 aromatic rings. The zero-order valence-electron chi connectivity index (χ0n) is 13.8. The van der Waals surface area contributed by atoms with Crippen LogP contribution in [0.4, 0.5) is 4.79 Å². The van der Waals surface area contributed by atoms with Gasteiger partial charge in [0.1, 0.15) is 0 Å². The largest absolute Gasteiger partial charge is 0.332 e. The number of hydrogen-bond acceptors (Lipinski definition) is 3. The van der Waals surface area contributed by atoms with Crippen LogP contribution >= 0.6 is 11.3 Å². The molecule has 0 bridgehead atoms. The van der Waals surface area contributed by atoms with Gasteiger partial charge in [-0.1, -0.05) is 29.3 Å². The highest BCUT2D eigenvalue weighted by Crippen LogP contribution is 2.41. The third-order valence-electron chi connectivity index (χ3n) is 4.02. The monoisotopic (exact) mass is 329 g/mol. The van der Waals surface area contributed by atoms with Crippen molar-refractivity contribution in [3.05, 3.63) is 51.0 Å². The number of rotatable bonds is 5. The molecule has 1 atom stereocenters. The Morgan fingerprint density at radius 2 is 2.00 bits per heavy atom. The first kappa shape index (κ1) is 16.0. The van der Waals surface area contributed by atoms with Crippen molar-refractivity contribution in [1.82, 2.24) is 15.6 Å². The summed E-state index contributed by atoms with van der Waals surface area (Å²) in [6.07, 6.45) is 2.52. The maximum Gasteiger partial charge on any atom is 0.315 e. The average molecular weight is 329 g/mol. The number of carbonyl (C=O) groups is 1. The minimum absolute atomic E-state index is 0.0222. The second kappa shape index (κ2) is 6.71. The van der Waals surface area contributed by atoms with E-state index in [4.69, 9.17) is 0 Å². The molecule has 1 saturated carbocycles. The summed E-state index contributed by atoms with van der Waals surface area (Å²) in [5, 5.41) is 9.14. The van der Waals surface area contributed by atoms with Crippen LogP contribution in [0.25, 0.3) is 0 Å². The molecule has 1 fully saturated rings. The van der Waals surface area contributed by atoms with Gasteiger partial charge in [0.25, 0.3) is 0 Å². The van der Waals surface area contributed by atoms with E-state index < -0.39 is 0 Å². The number of benzene rings is 1. The maximum absolute atomic E-state index is 12.1. The molecule has 1 heterocycles. The van der Waals surface area contributed by atoms with E-state index in [0.717, 1.165) is 11.3 Å². The normalized spacial score (nSPS) is 15.3. The fraction of sp³-hybridized carbons (Fsp3) is 0.444. The van der Waals surface area contributed by atoms with Gasteiger partial charge in [0, 0.05) is 11.3 Å². The molecule has 0 aliphatic heterocycles. The standard InChI is InChI=1S/C18H23N3OS/c1-11-6-12(2)8-15(7-11)13(3)20-18(22)19-9-16-10-23-17(21-16)14-4-5-14/h6-8,10,13-14H,4-5,9H2,1-3H3,(H2,19,20,22). The number of nitrogens with one attached hydrogen (secondary N) is 2. The van der Waals surface area contributed by atoms with E-state index in [2.05, 4.69) is 47.7 Å². The maximum atomic E-state index is 12.1. The third kappa shape index (κ3) is 4.32. The van der Waals surface area contributed by atoms with Crippen LogP contribution in [-0.2, 0) is 6.54 Å². The molecule has 1 aromatic heterocycles. The third-order valence-corrected chi connectivity index (χ3v) is 5.07. The lowest BCUT2D eigenvalue weighted by Gasteiger charge is -2.16. The number of urea groups is 1. The summed E-state index contributed by atoms with van der Waals surface area (Å²) in [4.78, 5) is 16.7. The molecule has 23 heavy (non-hydrogen) atoms. The van der Waals surface area contributed by atoms with E-state index >= 15 is 0 Å². The molecule has 2 amide bonds. The molecule has 0 saturated heterocycles. The minimum atomic E-state index is -0.155. The Balaban J connectivity index is 1.51. The SMILES string of the molecule is Cc1cc(C)cc(C(C)NC(=O)NCc2csc(C3CC3)n2)c1. The fourth-order valence-corrected chi connectivity index (χ4v) is 3.67. The van der Waals surface area contributed by atoms with E-state index in [-0.39, 0.29) is 12.1 Å². The summed E-state index contributed by atoms with van der Waals surface area (Å²) in [5.74, 6) is 0.673. The smallest absolute Gasteiger partial charge is 0.315 e. The number of aromatic nitrogens is 1. The van der Waals surface area contributed by atoms with E-state index in [9.17, 15) is 4.79 Å². The molecule has 0 radical (unpaired) electrons. The number of amides is 2. The molecule has 5 heteroatoms. The van der Waals surface area contributed by atoms with Crippen molar-refractivity contribution >= 4 is 17.4 Å². The molecule has 4 nitrogen and oxygen atoms in total. The highest BCUT2D eigenvalue weighted by Gasteiger charge is 2.26. The van der Waals surface area contributed by atoms with Crippen molar-refractivity contribution in [2.75, 3.05) is 0 Å². The van der Waals surface area contributed by atoms with E-state index in [0.29, 0.717) is 12.5 Å². The molecule has 2 N–H and O–H groups in total. The van der Waals surface area contributed by atoms with Gasteiger partial charge in [0.15, 0.2) is 0 Å². The van der Waals surface area contributed by atoms with Crippen LogP contribution in [0.2, 0.25) is 0 Å². The van der Waals surface area contributed by atoms with Gasteiger partial charge in [-0.15, -0.1) is 11.3 Å². The van der Waals surface area contributed by atoms with Crippen LogP contribution in [0.5, 0.6) is 0 Å². The van der Waals surface area contributed by atoms with Crippen molar-refractivity contribution in [2.24, 2.45) is 0 Å². The van der Waals surface area contributed by atoms with E-state index in [1.807, 2.05) is 12.3 Å². The highest BCUT2D eigenvalue weighted by molar-refractivity contribution is 7.09. The molecular formula is C18H23N3OS. The Hall–Kier alpha value is -1.88. The fourth-order valence-electron chi connectivity index (χ4n) is 2.68. The van der Waals surface area contributed by atoms with Crippen molar-refractivity contribution in [3.63, 3.8) is 0 Å². The Bertz CT molecular complexity index is 686. The minimum Gasteiger partial charge on any atom is -0.332 e. The van der Waals surface area contributed by atoms with Crippen molar-refractivity contribution in [2.45, 2.75) is 52.1 Å². The van der Waals surface area contributed by atoms with E-state index in [1.165, 1.54) is 29.0 Å². The molecule has 0 spiro atoms. The van der Waals surface area contributed by atoms with Crippen LogP contribution in [0.3, 0.4) is 0 Å². The Labute approximate surface area is 141 Å². The first-order valence-electron chi connectivity index (χ1n) is 8.08. The topological polar surface area (TPSA) is 54.0 Å². The zero-order chi connectivity index (χ0) is 16.4. The lowest BCUT2D eigenvalue weighted by Crippen LogP contribution is -2.36. The summed E-state index contributed by atoms with van der Waals surface area (Å²) in [7, 11) is 0. The van der Waals surface area contributed by atoms with Crippen molar-refractivity contribution < 1.29 is 4.79 Å². The van der Waals surface area contributed by atoms with Crippen LogP contribution < -0.4 is 10.6 Å². The van der Waals surface area contributed by atoms with E-state index in [1.54, 1.807) is 11.3 Å². The van der Waals surface area contributed by atoms with Crippen LogP contribution in [0.1, 0.15) is 59.1 Å². The van der Waals surface area contributed by atoms with Gasteiger partial charge < -0.3 is 10.6 Å². The van der Waals surface area contributed by atoms with Crippen molar-refractivity contribution in [3.8, 4) is 0 Å². The van der Waals surface area contributed by atoms with Gasteiger partial charge in [0.05, 0.1) is 23.3 Å². The predicted octanol–water partition coefficient (Wildman–Crippen LogP) is 4.20. The molecule has 1 unspecified atom stereocenters. The van der Waals surface area contributed by atoms with Crippen LogP contribution in [0.15, 0.2) is 23.6 Å². The van der Waals surface area contributed by atoms with Gasteiger partial charge >= 0.3 is 6.03 Å². The Morgan fingerprint density at radius 3 is 2.65 bits per heavy atom. The highest BCUT2D eigenvalue weighted by atomic mass is 32.1. The average Bonchev–Trinajstić information content (AvgIpc) is 3.23. The van der Waals surface area contributed by atoms with Gasteiger partial charge in [0.2, 0.25) is 0 Å². The Kier molecular flexibility index (Phi) is 4.66. The van der Waals surface area contributed by atoms with Crippen LogP contribution in [-0.4, -0.2) is 11.0 Å². The number of thiazole rings is 1. The predicted molar refractivity (Wildman–Crippen MR) is 93.8 cm³/mol. The lowest BCUT2D eigenvalue weighted by atomic mass is 10.0. The first-order valence-corrected chi connectivity index (χ1v) is 8.96.